The molecule has 0 radical (unpaired) electrons. The maximum atomic E-state index is 12.4. The zero-order chi connectivity index (χ0) is 19.7. The van der Waals surface area contributed by atoms with Crippen molar-refractivity contribution >= 4 is 34.5 Å². The monoisotopic (exact) mass is 392 g/mol. The number of fused-ring (bicyclic) bond motifs is 1. The van der Waals surface area contributed by atoms with E-state index >= 15 is 0 Å². The van der Waals surface area contributed by atoms with Gasteiger partial charge >= 0.3 is 0 Å². The molecule has 0 bridgehead atoms. The summed E-state index contributed by atoms with van der Waals surface area (Å²) in [7, 11) is 0. The average molecular weight is 392 g/mol. The third kappa shape index (κ3) is 3.97. The minimum absolute atomic E-state index is 0.267. The van der Waals surface area contributed by atoms with Crippen LogP contribution in [-0.4, -0.2) is 10.9 Å². The van der Waals surface area contributed by atoms with Crippen molar-refractivity contribution in [2.45, 2.75) is 31.7 Å². The molecule has 0 atom stereocenters. The van der Waals surface area contributed by atoms with Gasteiger partial charge in [-0.15, -0.1) is 0 Å². The van der Waals surface area contributed by atoms with E-state index in [2.05, 4.69) is 10.3 Å². The molecule has 2 aromatic carbocycles. The van der Waals surface area contributed by atoms with E-state index < -0.39 is 0 Å². The molecule has 0 aliphatic rings. The van der Waals surface area contributed by atoms with E-state index in [-0.39, 0.29) is 11.7 Å². The van der Waals surface area contributed by atoms with Gasteiger partial charge in [0.2, 0.25) is 0 Å². The molecule has 6 heteroatoms. The van der Waals surface area contributed by atoms with Gasteiger partial charge in [0.15, 0.2) is 11.3 Å². The summed E-state index contributed by atoms with van der Waals surface area (Å²) in [6, 6.07) is 15.2. The second-order valence-corrected chi connectivity index (χ2v) is 7.69. The number of carbonyl (C=O) groups is 1. The van der Waals surface area contributed by atoms with E-state index in [1.807, 2.05) is 57.2 Å². The van der Waals surface area contributed by atoms with Crippen molar-refractivity contribution in [3.05, 3.63) is 76.7 Å². The number of oxazole rings is 1. The molecule has 4 aromatic rings. The number of aromatic nitrogens is 1. The van der Waals surface area contributed by atoms with Gasteiger partial charge in [-0.2, -0.15) is 0 Å². The molecular weight excluding hydrogens is 372 g/mol. The fourth-order valence-electron chi connectivity index (χ4n) is 2.80. The van der Waals surface area contributed by atoms with Crippen molar-refractivity contribution in [1.29, 1.82) is 0 Å². The number of carbonyl (C=O) groups excluding carboxylic acids is 1. The maximum Gasteiger partial charge on any atom is 0.291 e. The summed E-state index contributed by atoms with van der Waals surface area (Å²) in [5.41, 5.74) is 5.81. The molecular formula is C22H20N2O3S. The first kappa shape index (κ1) is 18.4. The number of nitrogens with zero attached hydrogens (tertiary/aromatic N) is 1. The smallest absolute Gasteiger partial charge is 0.291 e. The first-order chi connectivity index (χ1) is 13.5. The number of nitrogens with one attached hydrogen (secondary N) is 1. The van der Waals surface area contributed by atoms with Gasteiger partial charge < -0.3 is 14.2 Å². The van der Waals surface area contributed by atoms with E-state index in [0.717, 1.165) is 27.9 Å². The number of anilines is 1. The maximum absolute atomic E-state index is 12.4. The Hall–Kier alpha value is -2.99. The van der Waals surface area contributed by atoms with Crippen molar-refractivity contribution in [3.63, 3.8) is 0 Å². The normalized spacial score (nSPS) is 11.1. The summed E-state index contributed by atoms with van der Waals surface area (Å²) in [6.45, 7) is 6.07. The molecule has 4 rings (SSSR count). The molecule has 28 heavy (non-hydrogen) atoms. The predicted octanol–water partition coefficient (Wildman–Crippen LogP) is 5.89. The van der Waals surface area contributed by atoms with Crippen LogP contribution in [-0.2, 0) is 5.75 Å². The van der Waals surface area contributed by atoms with Crippen LogP contribution in [0.2, 0.25) is 0 Å². The van der Waals surface area contributed by atoms with Crippen LogP contribution >= 0.6 is 11.8 Å². The Morgan fingerprint density at radius 2 is 1.86 bits per heavy atom. The van der Waals surface area contributed by atoms with Gasteiger partial charge in [0.25, 0.3) is 11.1 Å². The molecule has 0 fully saturated rings. The van der Waals surface area contributed by atoms with Crippen molar-refractivity contribution in [2.75, 3.05) is 5.32 Å². The fourth-order valence-corrected chi connectivity index (χ4v) is 3.53. The summed E-state index contributed by atoms with van der Waals surface area (Å²) in [5, 5.41) is 3.45. The van der Waals surface area contributed by atoms with E-state index in [0.29, 0.717) is 16.7 Å². The lowest BCUT2D eigenvalue weighted by atomic mass is 10.1. The highest BCUT2D eigenvalue weighted by Gasteiger charge is 2.13. The number of benzene rings is 2. The Bertz CT molecular complexity index is 1160. The molecule has 0 unspecified atom stereocenters. The lowest BCUT2D eigenvalue weighted by molar-refractivity contribution is 0.0995. The van der Waals surface area contributed by atoms with Crippen molar-refractivity contribution in [3.8, 4) is 0 Å². The first-order valence-corrected chi connectivity index (χ1v) is 9.94. The molecule has 0 spiro atoms. The van der Waals surface area contributed by atoms with E-state index in [1.54, 1.807) is 12.1 Å². The van der Waals surface area contributed by atoms with Gasteiger partial charge in [-0.1, -0.05) is 23.9 Å². The van der Waals surface area contributed by atoms with Crippen LogP contribution in [0.5, 0.6) is 0 Å². The second-order valence-electron chi connectivity index (χ2n) is 6.76. The lowest BCUT2D eigenvalue weighted by Gasteiger charge is -2.06. The van der Waals surface area contributed by atoms with E-state index in [1.165, 1.54) is 17.3 Å². The van der Waals surface area contributed by atoms with Gasteiger partial charge in [-0.3, -0.25) is 4.79 Å². The SMILES string of the molecule is Cc1ccc2oc(SCc3ccc(C(=O)Nc4ccc(C)c(C)c4)o3)nc2c1. The van der Waals surface area contributed by atoms with Crippen LogP contribution < -0.4 is 5.32 Å². The molecule has 2 aromatic heterocycles. The molecule has 0 aliphatic heterocycles. The Morgan fingerprint density at radius 3 is 2.68 bits per heavy atom. The predicted molar refractivity (Wildman–Crippen MR) is 111 cm³/mol. The second kappa shape index (κ2) is 7.56. The zero-order valence-corrected chi connectivity index (χ0v) is 16.7. The lowest BCUT2D eigenvalue weighted by Crippen LogP contribution is -2.11. The summed E-state index contributed by atoms with van der Waals surface area (Å²) in [6.07, 6.45) is 0. The van der Waals surface area contributed by atoms with Crippen LogP contribution in [0, 0.1) is 20.8 Å². The average Bonchev–Trinajstić information content (AvgIpc) is 3.29. The third-order valence-corrected chi connectivity index (χ3v) is 5.36. The molecule has 1 N–H and O–H groups in total. The highest BCUT2D eigenvalue weighted by atomic mass is 32.2. The minimum atomic E-state index is -0.267. The summed E-state index contributed by atoms with van der Waals surface area (Å²) in [5.74, 6) is 1.23. The summed E-state index contributed by atoms with van der Waals surface area (Å²) < 4.78 is 11.4. The number of aryl methyl sites for hydroxylation is 3. The Balaban J connectivity index is 1.40. The van der Waals surface area contributed by atoms with E-state index in [9.17, 15) is 4.79 Å². The Labute approximate surface area is 167 Å². The van der Waals surface area contributed by atoms with Crippen LogP contribution in [0.1, 0.15) is 33.0 Å². The van der Waals surface area contributed by atoms with Crippen molar-refractivity contribution in [2.24, 2.45) is 0 Å². The number of hydrogen-bond donors (Lipinski definition) is 1. The van der Waals surface area contributed by atoms with Gasteiger partial charge in [-0.05, 0) is 73.9 Å². The van der Waals surface area contributed by atoms with Crippen molar-refractivity contribution in [1.82, 2.24) is 4.98 Å². The third-order valence-electron chi connectivity index (χ3n) is 4.51. The van der Waals surface area contributed by atoms with Gasteiger partial charge in [-0.25, -0.2) is 4.98 Å². The highest BCUT2D eigenvalue weighted by molar-refractivity contribution is 7.98. The molecule has 1 amide bonds. The first-order valence-electron chi connectivity index (χ1n) is 8.95. The minimum Gasteiger partial charge on any atom is -0.455 e. The molecule has 0 aliphatic carbocycles. The van der Waals surface area contributed by atoms with Crippen LogP contribution in [0.3, 0.4) is 0 Å². The zero-order valence-electron chi connectivity index (χ0n) is 15.9. The fraction of sp³-hybridized carbons (Fsp3) is 0.182. The molecule has 5 nitrogen and oxygen atoms in total. The topological polar surface area (TPSA) is 68.3 Å². The number of furan rings is 1. The number of amides is 1. The van der Waals surface area contributed by atoms with E-state index in [4.69, 9.17) is 8.83 Å². The van der Waals surface area contributed by atoms with Gasteiger partial charge in [0.05, 0.1) is 5.75 Å². The van der Waals surface area contributed by atoms with Crippen LogP contribution in [0.25, 0.3) is 11.1 Å². The number of rotatable bonds is 5. The number of thioether (sulfide) groups is 1. The van der Waals surface area contributed by atoms with Crippen molar-refractivity contribution < 1.29 is 13.6 Å². The number of hydrogen-bond acceptors (Lipinski definition) is 5. The highest BCUT2D eigenvalue weighted by Crippen LogP contribution is 2.27. The Morgan fingerprint density at radius 1 is 1.00 bits per heavy atom. The van der Waals surface area contributed by atoms with Gasteiger partial charge in [0.1, 0.15) is 11.3 Å². The molecule has 0 saturated carbocycles. The quantitative estimate of drug-likeness (QED) is 0.429. The summed E-state index contributed by atoms with van der Waals surface area (Å²) >= 11 is 1.43. The van der Waals surface area contributed by atoms with Gasteiger partial charge in [0, 0.05) is 5.69 Å². The Kier molecular flexibility index (Phi) is 4.96. The van der Waals surface area contributed by atoms with Crippen LogP contribution in [0.15, 0.2) is 62.6 Å². The molecule has 2 heterocycles. The summed E-state index contributed by atoms with van der Waals surface area (Å²) in [4.78, 5) is 16.9. The van der Waals surface area contributed by atoms with Crippen LogP contribution in [0.4, 0.5) is 5.69 Å². The molecule has 142 valence electrons. The molecule has 0 saturated heterocycles. The standard InChI is InChI=1S/C22H20N2O3S/c1-13-4-8-19-18(10-13)24-22(27-19)28-12-17-7-9-20(26-17)21(25)23-16-6-5-14(2)15(3)11-16/h4-11H,12H2,1-3H3,(H,23,25). The largest absolute Gasteiger partial charge is 0.455 e.